The minimum atomic E-state index is -0.0150. The highest BCUT2D eigenvalue weighted by Gasteiger charge is 2.21. The number of hydrogen-bond acceptors (Lipinski definition) is 3. The lowest BCUT2D eigenvalue weighted by Crippen LogP contribution is -2.09. The average Bonchev–Trinajstić information content (AvgIpc) is 2.47. The van der Waals surface area contributed by atoms with Crippen LogP contribution in [0.1, 0.15) is 5.56 Å². The maximum absolute atomic E-state index is 11.3. The normalized spacial score (nSPS) is 18.7. The molecule has 1 N–H and O–H groups in total. The van der Waals surface area contributed by atoms with E-state index < -0.39 is 0 Å². The zero-order valence-corrected chi connectivity index (χ0v) is 8.82. The summed E-state index contributed by atoms with van der Waals surface area (Å²) in [4.78, 5) is 11.3. The maximum atomic E-state index is 11.3. The first-order valence-electron chi connectivity index (χ1n) is 4.05. The summed E-state index contributed by atoms with van der Waals surface area (Å²) in [6.07, 6.45) is 1.80. The van der Waals surface area contributed by atoms with Gasteiger partial charge in [-0.2, -0.15) is 0 Å². The van der Waals surface area contributed by atoms with Crippen molar-refractivity contribution in [3.8, 4) is 0 Å². The highest BCUT2D eigenvalue weighted by molar-refractivity contribution is 8.33. The Morgan fingerprint density at radius 1 is 1.29 bits per heavy atom. The molecule has 0 aromatic heterocycles. The van der Waals surface area contributed by atoms with Gasteiger partial charge in [0.1, 0.15) is 4.32 Å². The number of nitrogens with one attached hydrogen (secondary N) is 1. The first-order chi connectivity index (χ1) is 6.75. The van der Waals surface area contributed by atoms with Gasteiger partial charge in [0.2, 0.25) is 5.12 Å². The van der Waals surface area contributed by atoms with Crippen LogP contribution >= 0.6 is 24.0 Å². The largest absolute Gasteiger partial charge is 0.337 e. The van der Waals surface area contributed by atoms with Gasteiger partial charge in [0.25, 0.3) is 0 Å². The first-order valence-corrected chi connectivity index (χ1v) is 5.28. The van der Waals surface area contributed by atoms with Crippen molar-refractivity contribution >= 4 is 39.5 Å². The molecule has 0 saturated carbocycles. The monoisotopic (exact) mass is 221 g/mol. The predicted molar refractivity (Wildman–Crippen MR) is 62.8 cm³/mol. The molecule has 0 atom stereocenters. The van der Waals surface area contributed by atoms with Gasteiger partial charge in [-0.25, -0.2) is 0 Å². The van der Waals surface area contributed by atoms with Crippen molar-refractivity contribution in [2.45, 2.75) is 0 Å². The lowest BCUT2D eigenvalue weighted by atomic mass is 10.2. The Labute approximate surface area is 91.4 Å². The average molecular weight is 221 g/mol. The molecule has 2 rings (SSSR count). The molecule has 1 aliphatic rings. The number of hydrogen-bond donors (Lipinski definition) is 1. The van der Waals surface area contributed by atoms with Crippen LogP contribution in [-0.2, 0) is 4.79 Å². The van der Waals surface area contributed by atoms with E-state index in [1.54, 1.807) is 6.08 Å². The Kier molecular flexibility index (Phi) is 2.65. The van der Waals surface area contributed by atoms with E-state index in [2.05, 4.69) is 5.32 Å². The van der Waals surface area contributed by atoms with Crippen LogP contribution in [0.4, 0.5) is 0 Å². The minimum Gasteiger partial charge on any atom is -0.337 e. The fourth-order valence-electron chi connectivity index (χ4n) is 1.14. The van der Waals surface area contributed by atoms with Gasteiger partial charge < -0.3 is 5.32 Å². The topological polar surface area (TPSA) is 29.1 Å². The molecule has 1 heterocycles. The van der Waals surface area contributed by atoms with Gasteiger partial charge in [0.15, 0.2) is 0 Å². The van der Waals surface area contributed by atoms with Gasteiger partial charge in [-0.15, -0.1) is 0 Å². The Hall–Kier alpha value is -1.13. The zero-order chi connectivity index (χ0) is 9.97. The number of carbonyl (C=O) groups excluding carboxylic acids is 1. The van der Waals surface area contributed by atoms with Crippen LogP contribution in [0.15, 0.2) is 36.0 Å². The van der Waals surface area contributed by atoms with Crippen LogP contribution in [0, 0.1) is 0 Å². The Morgan fingerprint density at radius 2 is 2.00 bits per heavy atom. The summed E-state index contributed by atoms with van der Waals surface area (Å²) in [6, 6.07) is 9.67. The van der Waals surface area contributed by atoms with Gasteiger partial charge in [-0.05, 0) is 23.4 Å². The summed E-state index contributed by atoms with van der Waals surface area (Å²) in [5.41, 5.74) is 1.56. The number of benzene rings is 1. The second-order valence-corrected chi connectivity index (χ2v) is 4.42. The van der Waals surface area contributed by atoms with Gasteiger partial charge in [-0.3, -0.25) is 4.79 Å². The lowest BCUT2D eigenvalue weighted by Gasteiger charge is -1.95. The summed E-state index contributed by atoms with van der Waals surface area (Å²) in [5, 5.41) is 2.84. The quantitative estimate of drug-likeness (QED) is 0.581. The highest BCUT2D eigenvalue weighted by atomic mass is 32.2. The molecule has 4 heteroatoms. The predicted octanol–water partition coefficient (Wildman–Crippen LogP) is 2.18. The second kappa shape index (κ2) is 3.94. The van der Waals surface area contributed by atoms with E-state index >= 15 is 0 Å². The van der Waals surface area contributed by atoms with Crippen molar-refractivity contribution in [3.63, 3.8) is 0 Å². The molecule has 0 spiro atoms. The van der Waals surface area contributed by atoms with Gasteiger partial charge in [0, 0.05) is 0 Å². The smallest absolute Gasteiger partial charge is 0.242 e. The molecule has 0 radical (unpaired) electrons. The molecular formula is C10H7NOS2. The van der Waals surface area contributed by atoms with E-state index in [1.165, 1.54) is 0 Å². The molecule has 2 nitrogen and oxygen atoms in total. The third-order valence-corrected chi connectivity index (χ3v) is 2.80. The summed E-state index contributed by atoms with van der Waals surface area (Å²) >= 11 is 5.94. The van der Waals surface area contributed by atoms with Crippen molar-refractivity contribution in [2.24, 2.45) is 0 Å². The molecule has 0 aliphatic carbocycles. The number of carbonyl (C=O) groups is 1. The van der Waals surface area contributed by atoms with E-state index in [0.717, 1.165) is 17.3 Å². The molecule has 0 amide bonds. The zero-order valence-electron chi connectivity index (χ0n) is 7.19. The molecule has 0 unspecified atom stereocenters. The van der Waals surface area contributed by atoms with E-state index in [4.69, 9.17) is 12.2 Å². The highest BCUT2D eigenvalue weighted by Crippen LogP contribution is 2.20. The SMILES string of the molecule is O=C1SC(=S)NC1=Cc1ccccc1. The summed E-state index contributed by atoms with van der Waals surface area (Å²) in [7, 11) is 0. The number of thioether (sulfide) groups is 1. The van der Waals surface area contributed by atoms with Crippen molar-refractivity contribution in [1.82, 2.24) is 5.32 Å². The fourth-order valence-corrected chi connectivity index (χ4v) is 2.02. The van der Waals surface area contributed by atoms with E-state index in [9.17, 15) is 4.79 Å². The van der Waals surface area contributed by atoms with E-state index in [1.807, 2.05) is 30.3 Å². The lowest BCUT2D eigenvalue weighted by molar-refractivity contribution is -0.107. The maximum Gasteiger partial charge on any atom is 0.242 e. The van der Waals surface area contributed by atoms with Gasteiger partial charge in [-0.1, -0.05) is 42.5 Å². The molecule has 1 saturated heterocycles. The second-order valence-electron chi connectivity index (χ2n) is 2.77. The number of thiocarbonyl (C=S) groups is 1. The molecule has 0 bridgehead atoms. The van der Waals surface area contributed by atoms with Gasteiger partial charge >= 0.3 is 0 Å². The van der Waals surface area contributed by atoms with Crippen LogP contribution < -0.4 is 5.32 Å². The standard InChI is InChI=1S/C10H7NOS2/c12-9-8(11-10(13)14-9)6-7-4-2-1-3-5-7/h1-6H,(H,11,13). The molecule has 1 aromatic carbocycles. The minimum absolute atomic E-state index is 0.0150. The molecule has 14 heavy (non-hydrogen) atoms. The van der Waals surface area contributed by atoms with Crippen molar-refractivity contribution < 1.29 is 4.79 Å². The summed E-state index contributed by atoms with van der Waals surface area (Å²) in [6.45, 7) is 0. The fraction of sp³-hybridized carbons (Fsp3) is 0. The van der Waals surface area contributed by atoms with Crippen molar-refractivity contribution in [1.29, 1.82) is 0 Å². The summed E-state index contributed by atoms with van der Waals surface area (Å²) < 4.78 is 0.525. The third-order valence-electron chi connectivity index (χ3n) is 1.75. The third kappa shape index (κ3) is 2.02. The Morgan fingerprint density at radius 3 is 2.57 bits per heavy atom. The molecular weight excluding hydrogens is 214 g/mol. The van der Waals surface area contributed by atoms with Crippen LogP contribution in [0.2, 0.25) is 0 Å². The molecule has 1 aromatic rings. The van der Waals surface area contributed by atoms with E-state index in [-0.39, 0.29) is 5.12 Å². The van der Waals surface area contributed by atoms with E-state index in [0.29, 0.717) is 10.0 Å². The molecule has 1 aliphatic heterocycles. The van der Waals surface area contributed by atoms with Gasteiger partial charge in [0.05, 0.1) is 5.70 Å². The van der Waals surface area contributed by atoms with Crippen LogP contribution in [-0.4, -0.2) is 9.44 Å². The van der Waals surface area contributed by atoms with Crippen LogP contribution in [0.25, 0.3) is 6.08 Å². The Bertz CT molecular complexity index is 411. The van der Waals surface area contributed by atoms with Crippen LogP contribution in [0.3, 0.4) is 0 Å². The summed E-state index contributed by atoms with van der Waals surface area (Å²) in [5.74, 6) is 0. The van der Waals surface area contributed by atoms with Crippen LogP contribution in [0.5, 0.6) is 0 Å². The van der Waals surface area contributed by atoms with Crippen molar-refractivity contribution in [2.75, 3.05) is 0 Å². The molecule has 1 fully saturated rings. The molecule has 70 valence electrons. The first kappa shape index (κ1) is 9.43. The number of rotatable bonds is 1. The van der Waals surface area contributed by atoms with Crippen molar-refractivity contribution in [3.05, 3.63) is 41.6 Å². The Balaban J connectivity index is 2.28.